The fourth-order valence-electron chi connectivity index (χ4n) is 1.44. The van der Waals surface area contributed by atoms with Gasteiger partial charge in [0.1, 0.15) is 5.82 Å². The highest BCUT2D eigenvalue weighted by molar-refractivity contribution is 5.96. The number of nitrogens with one attached hydrogen (secondary N) is 2. The molecule has 5 heteroatoms. The zero-order valence-corrected chi connectivity index (χ0v) is 8.24. The Morgan fingerprint density at radius 2 is 2.40 bits per heavy atom. The van der Waals surface area contributed by atoms with Crippen LogP contribution in [-0.4, -0.2) is 21.1 Å². The Morgan fingerprint density at radius 3 is 3.07 bits per heavy atom. The van der Waals surface area contributed by atoms with Crippen LogP contribution in [0.25, 0.3) is 11.0 Å². The average Bonchev–Trinajstić information content (AvgIpc) is 2.69. The van der Waals surface area contributed by atoms with E-state index in [0.29, 0.717) is 5.56 Å². The Labute approximate surface area is 86.1 Å². The summed E-state index contributed by atoms with van der Waals surface area (Å²) in [7, 11) is 0. The number of amides is 1. The molecule has 0 saturated carbocycles. The first-order valence-electron chi connectivity index (χ1n) is 4.67. The molecule has 1 amide bonds. The van der Waals surface area contributed by atoms with Crippen LogP contribution < -0.4 is 5.48 Å². The SMILES string of the molecule is CCc1nc2ccc(C(=O)NO)cc2[nH]1. The lowest BCUT2D eigenvalue weighted by atomic mass is 10.2. The number of imidazole rings is 1. The Hall–Kier alpha value is -1.88. The minimum atomic E-state index is -0.524. The summed E-state index contributed by atoms with van der Waals surface area (Å²) in [5.41, 5.74) is 3.61. The van der Waals surface area contributed by atoms with Gasteiger partial charge in [-0.05, 0) is 18.2 Å². The number of carbonyl (C=O) groups excluding carboxylic acids is 1. The number of hydrogen-bond acceptors (Lipinski definition) is 3. The molecule has 0 unspecified atom stereocenters. The van der Waals surface area contributed by atoms with Crippen LogP contribution in [0, 0.1) is 0 Å². The molecule has 3 N–H and O–H groups in total. The summed E-state index contributed by atoms with van der Waals surface area (Å²) in [6.45, 7) is 2.00. The van der Waals surface area contributed by atoms with Gasteiger partial charge in [-0.3, -0.25) is 10.0 Å². The molecule has 2 rings (SSSR count). The first-order chi connectivity index (χ1) is 7.24. The van der Waals surface area contributed by atoms with Gasteiger partial charge in [-0.15, -0.1) is 0 Å². The summed E-state index contributed by atoms with van der Waals surface area (Å²) in [6.07, 6.45) is 0.816. The average molecular weight is 205 g/mol. The summed E-state index contributed by atoms with van der Waals surface area (Å²) in [5.74, 6) is 0.358. The summed E-state index contributed by atoms with van der Waals surface area (Å²) in [5, 5.41) is 8.49. The van der Waals surface area contributed by atoms with E-state index in [9.17, 15) is 4.79 Å². The summed E-state index contributed by atoms with van der Waals surface area (Å²) in [4.78, 5) is 18.5. The van der Waals surface area contributed by atoms with E-state index in [1.165, 1.54) is 0 Å². The number of carbonyl (C=O) groups is 1. The van der Waals surface area contributed by atoms with Crippen LogP contribution >= 0.6 is 0 Å². The van der Waals surface area contributed by atoms with Crippen molar-refractivity contribution in [1.82, 2.24) is 15.4 Å². The molecule has 0 radical (unpaired) electrons. The number of rotatable bonds is 2. The lowest BCUT2D eigenvalue weighted by Gasteiger charge is -1.97. The maximum atomic E-state index is 11.1. The number of benzene rings is 1. The zero-order valence-electron chi connectivity index (χ0n) is 8.24. The van der Waals surface area contributed by atoms with E-state index < -0.39 is 5.91 Å². The van der Waals surface area contributed by atoms with E-state index in [1.807, 2.05) is 6.92 Å². The molecule has 78 valence electrons. The van der Waals surface area contributed by atoms with E-state index in [0.717, 1.165) is 23.3 Å². The van der Waals surface area contributed by atoms with E-state index in [-0.39, 0.29) is 0 Å². The normalized spacial score (nSPS) is 10.5. The molecular formula is C10H11N3O2. The number of hydrogen-bond donors (Lipinski definition) is 3. The second-order valence-electron chi connectivity index (χ2n) is 3.21. The number of aryl methyl sites for hydroxylation is 1. The Balaban J connectivity index is 2.50. The second-order valence-corrected chi connectivity index (χ2v) is 3.21. The third-order valence-electron chi connectivity index (χ3n) is 2.23. The summed E-state index contributed by atoms with van der Waals surface area (Å²) >= 11 is 0. The molecule has 0 atom stereocenters. The van der Waals surface area contributed by atoms with Crippen molar-refractivity contribution in [3.63, 3.8) is 0 Å². The van der Waals surface area contributed by atoms with Gasteiger partial charge in [0, 0.05) is 12.0 Å². The number of H-pyrrole nitrogens is 1. The fraction of sp³-hybridized carbons (Fsp3) is 0.200. The quantitative estimate of drug-likeness (QED) is 0.510. The summed E-state index contributed by atoms with van der Waals surface area (Å²) < 4.78 is 0. The van der Waals surface area contributed by atoms with Crippen molar-refractivity contribution in [2.24, 2.45) is 0 Å². The monoisotopic (exact) mass is 205 g/mol. The first kappa shape index (κ1) is 9.67. The Kier molecular flexibility index (Phi) is 2.39. The molecule has 0 fully saturated rings. The minimum Gasteiger partial charge on any atom is -0.342 e. The van der Waals surface area contributed by atoms with Crippen molar-refractivity contribution in [2.75, 3.05) is 0 Å². The van der Waals surface area contributed by atoms with Crippen molar-refractivity contribution in [3.8, 4) is 0 Å². The lowest BCUT2D eigenvalue weighted by molar-refractivity contribution is 0.0706. The van der Waals surface area contributed by atoms with Crippen LogP contribution in [0.3, 0.4) is 0 Å². The van der Waals surface area contributed by atoms with Crippen molar-refractivity contribution in [3.05, 3.63) is 29.6 Å². The molecule has 15 heavy (non-hydrogen) atoms. The smallest absolute Gasteiger partial charge is 0.274 e. The number of fused-ring (bicyclic) bond motifs is 1. The van der Waals surface area contributed by atoms with Crippen molar-refractivity contribution in [2.45, 2.75) is 13.3 Å². The van der Waals surface area contributed by atoms with Crippen LogP contribution in [0.15, 0.2) is 18.2 Å². The Morgan fingerprint density at radius 1 is 1.60 bits per heavy atom. The van der Waals surface area contributed by atoms with Crippen molar-refractivity contribution < 1.29 is 10.0 Å². The molecule has 2 aromatic rings. The molecule has 0 aliphatic carbocycles. The van der Waals surface area contributed by atoms with Gasteiger partial charge in [0.2, 0.25) is 0 Å². The first-order valence-corrected chi connectivity index (χ1v) is 4.67. The fourth-order valence-corrected chi connectivity index (χ4v) is 1.44. The number of nitrogens with zero attached hydrogens (tertiary/aromatic N) is 1. The lowest BCUT2D eigenvalue weighted by Crippen LogP contribution is -2.18. The topological polar surface area (TPSA) is 78.0 Å². The highest BCUT2D eigenvalue weighted by Gasteiger charge is 2.07. The van der Waals surface area contributed by atoms with Gasteiger partial charge in [0.25, 0.3) is 5.91 Å². The largest absolute Gasteiger partial charge is 0.342 e. The predicted molar refractivity (Wildman–Crippen MR) is 54.7 cm³/mol. The molecule has 0 bridgehead atoms. The molecular weight excluding hydrogens is 194 g/mol. The van der Waals surface area contributed by atoms with Crippen molar-refractivity contribution in [1.29, 1.82) is 0 Å². The van der Waals surface area contributed by atoms with Gasteiger partial charge in [-0.1, -0.05) is 6.92 Å². The van der Waals surface area contributed by atoms with Crippen LogP contribution in [0.5, 0.6) is 0 Å². The van der Waals surface area contributed by atoms with Crippen LogP contribution in [0.2, 0.25) is 0 Å². The zero-order chi connectivity index (χ0) is 10.8. The van der Waals surface area contributed by atoms with E-state index in [1.54, 1.807) is 23.7 Å². The van der Waals surface area contributed by atoms with Crippen molar-refractivity contribution >= 4 is 16.9 Å². The third kappa shape index (κ3) is 1.69. The second kappa shape index (κ2) is 3.70. The summed E-state index contributed by atoms with van der Waals surface area (Å²) in [6, 6.07) is 5.02. The maximum absolute atomic E-state index is 11.1. The standard InChI is InChI=1S/C10H11N3O2/c1-2-9-11-7-4-3-6(10(14)13-15)5-8(7)12-9/h3-5,15H,2H2,1H3,(H,11,12)(H,13,14). The van der Waals surface area contributed by atoms with E-state index >= 15 is 0 Å². The number of aromatic nitrogens is 2. The Bertz CT molecular complexity index is 504. The molecule has 1 aromatic heterocycles. The molecule has 0 saturated heterocycles. The molecule has 5 nitrogen and oxygen atoms in total. The van der Waals surface area contributed by atoms with E-state index in [4.69, 9.17) is 5.21 Å². The van der Waals surface area contributed by atoms with Crippen LogP contribution in [-0.2, 0) is 6.42 Å². The van der Waals surface area contributed by atoms with Gasteiger partial charge >= 0.3 is 0 Å². The van der Waals surface area contributed by atoms with Gasteiger partial charge in [-0.25, -0.2) is 10.5 Å². The predicted octanol–water partition coefficient (Wildman–Crippen LogP) is 1.24. The molecule has 0 aliphatic rings. The van der Waals surface area contributed by atoms with Gasteiger partial charge in [0.05, 0.1) is 11.0 Å². The number of aromatic amines is 1. The van der Waals surface area contributed by atoms with Gasteiger partial charge in [-0.2, -0.15) is 0 Å². The van der Waals surface area contributed by atoms with Gasteiger partial charge in [0.15, 0.2) is 0 Å². The van der Waals surface area contributed by atoms with E-state index in [2.05, 4.69) is 9.97 Å². The molecule has 1 aromatic carbocycles. The highest BCUT2D eigenvalue weighted by atomic mass is 16.5. The minimum absolute atomic E-state index is 0.399. The third-order valence-corrected chi connectivity index (χ3v) is 2.23. The number of hydroxylamine groups is 1. The van der Waals surface area contributed by atoms with Crippen LogP contribution in [0.1, 0.15) is 23.1 Å². The maximum Gasteiger partial charge on any atom is 0.274 e. The highest BCUT2D eigenvalue weighted by Crippen LogP contribution is 2.13. The molecule has 1 heterocycles. The van der Waals surface area contributed by atoms with Gasteiger partial charge < -0.3 is 4.98 Å². The van der Waals surface area contributed by atoms with Crippen LogP contribution in [0.4, 0.5) is 0 Å². The molecule has 0 spiro atoms. The molecule has 0 aliphatic heterocycles.